The third-order valence-electron chi connectivity index (χ3n) is 4.85. The van der Waals surface area contributed by atoms with Crippen LogP contribution in [0, 0.1) is 0 Å². The van der Waals surface area contributed by atoms with Gasteiger partial charge in [-0.05, 0) is 54.6 Å². The van der Waals surface area contributed by atoms with Crippen LogP contribution in [0.4, 0.5) is 11.4 Å². The van der Waals surface area contributed by atoms with Crippen LogP contribution in [0.5, 0.6) is 0 Å². The summed E-state index contributed by atoms with van der Waals surface area (Å²) in [5.74, 6) is -0.791. The lowest BCUT2D eigenvalue weighted by molar-refractivity contribution is 0.0962. The lowest BCUT2D eigenvalue weighted by Crippen LogP contribution is -2.19. The van der Waals surface area contributed by atoms with Crippen LogP contribution in [0.25, 0.3) is 11.0 Å². The Morgan fingerprint density at radius 2 is 1.55 bits per heavy atom. The summed E-state index contributed by atoms with van der Waals surface area (Å²) in [7, 11) is -2.53. The number of carbonyl (C=O) groups excluding carboxylic acids is 2. The van der Waals surface area contributed by atoms with Crippen LogP contribution in [0.15, 0.2) is 76.4 Å². The van der Waals surface area contributed by atoms with Gasteiger partial charge in [0.05, 0.1) is 27.2 Å². The Bertz CT molecular complexity index is 1520. The minimum atomic E-state index is -4.05. The molecule has 4 aromatic rings. The molecule has 1 aromatic heterocycles. The van der Waals surface area contributed by atoms with Gasteiger partial charge in [-0.1, -0.05) is 12.1 Å². The van der Waals surface area contributed by atoms with E-state index in [9.17, 15) is 22.8 Å². The number of H-pyrrole nitrogens is 2. The van der Waals surface area contributed by atoms with Crippen LogP contribution in [0.2, 0.25) is 0 Å². The highest BCUT2D eigenvalue weighted by molar-refractivity contribution is 7.92. The van der Waals surface area contributed by atoms with Gasteiger partial charge in [0.1, 0.15) is 0 Å². The van der Waals surface area contributed by atoms with Crippen LogP contribution in [0.1, 0.15) is 20.7 Å². The van der Waals surface area contributed by atoms with E-state index in [4.69, 9.17) is 0 Å². The maximum Gasteiger partial charge on any atom is 0.323 e. The molecule has 0 fully saturated rings. The monoisotopic (exact) mass is 465 g/mol. The minimum absolute atomic E-state index is 0.0785. The molecule has 5 N–H and O–H groups in total. The topological polar surface area (TPSA) is 153 Å². The summed E-state index contributed by atoms with van der Waals surface area (Å²) in [6, 6.07) is 16.6. The molecule has 2 amide bonds. The first-order valence-electron chi connectivity index (χ1n) is 9.74. The van der Waals surface area contributed by atoms with Gasteiger partial charge in [0.25, 0.3) is 21.8 Å². The molecule has 3 aromatic carbocycles. The predicted octanol–water partition coefficient (Wildman–Crippen LogP) is 2.27. The highest BCUT2D eigenvalue weighted by atomic mass is 32.2. The Balaban J connectivity index is 1.58. The first kappa shape index (κ1) is 21.8. The molecule has 0 atom stereocenters. The standard InChI is InChI=1S/C22H19N5O5S/c1-23-20(28)13-6-8-14(9-7-13)24-21(29)16-4-2-3-5-17(16)27-33(31,32)15-10-11-18-19(12-15)26-22(30)25-18/h2-12,27H,1H3,(H,23,28)(H,24,29)(H2,25,26,30). The molecule has 0 saturated heterocycles. The molecule has 0 aliphatic rings. The zero-order chi connectivity index (χ0) is 23.6. The summed E-state index contributed by atoms with van der Waals surface area (Å²) in [6.45, 7) is 0. The average Bonchev–Trinajstić information content (AvgIpc) is 3.18. The number of sulfonamides is 1. The van der Waals surface area contributed by atoms with Gasteiger partial charge in [0.15, 0.2) is 0 Å². The molecule has 11 heteroatoms. The summed E-state index contributed by atoms with van der Waals surface area (Å²) in [4.78, 5) is 40.9. The first-order chi connectivity index (χ1) is 15.8. The lowest BCUT2D eigenvalue weighted by Gasteiger charge is -2.13. The summed E-state index contributed by atoms with van der Waals surface area (Å²) in [6.07, 6.45) is 0. The minimum Gasteiger partial charge on any atom is -0.355 e. The molecule has 0 spiro atoms. The van der Waals surface area contributed by atoms with E-state index in [2.05, 4.69) is 25.3 Å². The second-order valence-corrected chi connectivity index (χ2v) is 8.73. The van der Waals surface area contributed by atoms with Crippen molar-refractivity contribution >= 4 is 44.2 Å². The van der Waals surface area contributed by atoms with Crippen molar-refractivity contribution in [1.82, 2.24) is 15.3 Å². The number of imidazole rings is 1. The second-order valence-electron chi connectivity index (χ2n) is 7.05. The predicted molar refractivity (Wildman–Crippen MR) is 124 cm³/mol. The van der Waals surface area contributed by atoms with Crippen LogP contribution in [0.3, 0.4) is 0 Å². The van der Waals surface area contributed by atoms with Gasteiger partial charge in [0, 0.05) is 18.3 Å². The molecule has 0 radical (unpaired) electrons. The highest BCUT2D eigenvalue weighted by Crippen LogP contribution is 2.23. The Morgan fingerprint density at radius 3 is 2.27 bits per heavy atom. The van der Waals surface area contributed by atoms with E-state index < -0.39 is 21.6 Å². The van der Waals surface area contributed by atoms with Crippen molar-refractivity contribution in [2.75, 3.05) is 17.1 Å². The number of carbonyl (C=O) groups is 2. The Hall–Kier alpha value is -4.38. The quantitative estimate of drug-likeness (QED) is 0.296. The number of benzene rings is 3. The molecule has 0 aliphatic heterocycles. The summed E-state index contributed by atoms with van der Waals surface area (Å²) in [5, 5.41) is 5.20. The molecule has 4 rings (SSSR count). The summed E-state index contributed by atoms with van der Waals surface area (Å²) in [5.41, 5.74) is 1.43. The molecule has 1 heterocycles. The molecule has 33 heavy (non-hydrogen) atoms. The number of hydrogen-bond acceptors (Lipinski definition) is 5. The number of aromatic nitrogens is 2. The Morgan fingerprint density at radius 1 is 0.848 bits per heavy atom. The number of para-hydroxylation sites is 1. The van der Waals surface area contributed by atoms with E-state index in [0.717, 1.165) is 0 Å². The van der Waals surface area contributed by atoms with E-state index in [0.29, 0.717) is 22.3 Å². The van der Waals surface area contributed by atoms with Crippen molar-refractivity contribution in [2.45, 2.75) is 4.90 Å². The normalized spacial score (nSPS) is 11.2. The fourth-order valence-corrected chi connectivity index (χ4v) is 4.31. The maximum absolute atomic E-state index is 12.9. The number of amides is 2. The fraction of sp³-hybridized carbons (Fsp3) is 0.0455. The number of nitrogens with one attached hydrogen (secondary N) is 5. The van der Waals surface area contributed by atoms with Gasteiger partial charge in [0.2, 0.25) is 0 Å². The molecule has 0 unspecified atom stereocenters. The van der Waals surface area contributed by atoms with Crippen molar-refractivity contribution in [3.8, 4) is 0 Å². The summed E-state index contributed by atoms with van der Waals surface area (Å²) >= 11 is 0. The van der Waals surface area contributed by atoms with Crippen molar-refractivity contribution in [1.29, 1.82) is 0 Å². The molecule has 0 bridgehead atoms. The zero-order valence-electron chi connectivity index (χ0n) is 17.3. The zero-order valence-corrected chi connectivity index (χ0v) is 18.1. The van der Waals surface area contributed by atoms with Crippen molar-refractivity contribution in [2.24, 2.45) is 0 Å². The van der Waals surface area contributed by atoms with E-state index in [-0.39, 0.29) is 22.1 Å². The average molecular weight is 465 g/mol. The molecular weight excluding hydrogens is 446 g/mol. The van der Waals surface area contributed by atoms with Crippen LogP contribution in [-0.2, 0) is 10.0 Å². The van der Waals surface area contributed by atoms with Crippen molar-refractivity contribution < 1.29 is 18.0 Å². The van der Waals surface area contributed by atoms with Crippen molar-refractivity contribution in [3.05, 3.63) is 88.3 Å². The third kappa shape index (κ3) is 4.62. The lowest BCUT2D eigenvalue weighted by atomic mass is 10.1. The van der Waals surface area contributed by atoms with Crippen molar-refractivity contribution in [3.63, 3.8) is 0 Å². The molecule has 0 saturated carbocycles. The number of fused-ring (bicyclic) bond motifs is 1. The number of hydrogen-bond donors (Lipinski definition) is 5. The molecule has 168 valence electrons. The second kappa shape index (κ2) is 8.63. The van der Waals surface area contributed by atoms with Gasteiger partial charge in [-0.3, -0.25) is 14.3 Å². The van der Waals surface area contributed by atoms with E-state index in [1.165, 1.54) is 37.4 Å². The largest absolute Gasteiger partial charge is 0.355 e. The third-order valence-corrected chi connectivity index (χ3v) is 6.21. The van der Waals surface area contributed by atoms with Crippen LogP contribution in [-0.4, -0.2) is 37.2 Å². The molecular formula is C22H19N5O5S. The van der Waals surface area contributed by atoms with Gasteiger partial charge in [-0.2, -0.15) is 0 Å². The van der Waals surface area contributed by atoms with Gasteiger partial charge >= 0.3 is 5.69 Å². The Kier molecular flexibility index (Phi) is 5.71. The van der Waals surface area contributed by atoms with Gasteiger partial charge < -0.3 is 20.6 Å². The number of aromatic amines is 2. The van der Waals surface area contributed by atoms with Crippen LogP contribution < -0.4 is 21.0 Å². The summed E-state index contributed by atoms with van der Waals surface area (Å²) < 4.78 is 28.3. The number of anilines is 2. The fourth-order valence-electron chi connectivity index (χ4n) is 3.20. The van der Waals surface area contributed by atoms with E-state index in [1.807, 2.05) is 0 Å². The maximum atomic E-state index is 12.9. The van der Waals surface area contributed by atoms with E-state index in [1.54, 1.807) is 36.4 Å². The smallest absolute Gasteiger partial charge is 0.323 e. The van der Waals surface area contributed by atoms with Gasteiger partial charge in [-0.15, -0.1) is 0 Å². The molecule has 10 nitrogen and oxygen atoms in total. The first-order valence-corrected chi connectivity index (χ1v) is 11.2. The SMILES string of the molecule is CNC(=O)c1ccc(NC(=O)c2ccccc2NS(=O)(=O)c2ccc3[nH]c(=O)[nH]c3c2)cc1. The molecule has 0 aliphatic carbocycles. The Labute approximate surface area is 188 Å². The van der Waals surface area contributed by atoms with Gasteiger partial charge in [-0.25, -0.2) is 13.2 Å². The van der Waals surface area contributed by atoms with E-state index >= 15 is 0 Å². The van der Waals surface area contributed by atoms with Crippen LogP contribution >= 0.6 is 0 Å². The number of rotatable bonds is 6. The highest BCUT2D eigenvalue weighted by Gasteiger charge is 2.19.